The average Bonchev–Trinajstić information content (AvgIpc) is 2.97. The molecule has 5 nitrogen and oxygen atoms in total. The second-order valence-corrected chi connectivity index (χ2v) is 5.71. The molecule has 0 radical (unpaired) electrons. The van der Waals surface area contributed by atoms with Crippen LogP contribution in [-0.4, -0.2) is 20.7 Å². The van der Waals surface area contributed by atoms with E-state index in [0.29, 0.717) is 12.1 Å². The molecule has 2 aromatic rings. The van der Waals surface area contributed by atoms with E-state index in [9.17, 15) is 15.0 Å². The number of hydrogen-bond acceptors (Lipinski definition) is 3. The lowest BCUT2D eigenvalue weighted by atomic mass is 9.95. The number of nitrogens with one attached hydrogen (secondary N) is 1. The highest BCUT2D eigenvalue weighted by Crippen LogP contribution is 2.41. The first-order valence-electron chi connectivity index (χ1n) is 7.22. The van der Waals surface area contributed by atoms with E-state index < -0.39 is 0 Å². The van der Waals surface area contributed by atoms with Gasteiger partial charge in [-0.15, -0.1) is 0 Å². The van der Waals surface area contributed by atoms with Crippen LogP contribution < -0.4 is 5.32 Å². The fraction of sp³-hybridized carbons (Fsp3) is 0.312. The summed E-state index contributed by atoms with van der Waals surface area (Å²) in [4.78, 5) is 11.4. The van der Waals surface area contributed by atoms with Crippen molar-refractivity contribution in [1.82, 2.24) is 4.57 Å². The summed E-state index contributed by atoms with van der Waals surface area (Å²) >= 11 is 0. The van der Waals surface area contributed by atoms with Crippen molar-refractivity contribution in [2.45, 2.75) is 32.1 Å². The molecule has 0 spiro atoms. The summed E-state index contributed by atoms with van der Waals surface area (Å²) in [6.07, 6.45) is 4.04. The molecule has 1 aromatic carbocycles. The summed E-state index contributed by atoms with van der Waals surface area (Å²) in [5.74, 6) is 0.209. The third-order valence-electron chi connectivity index (χ3n) is 4.41. The van der Waals surface area contributed by atoms with Crippen LogP contribution in [0.15, 0.2) is 18.2 Å². The summed E-state index contributed by atoms with van der Waals surface area (Å²) in [6.45, 7) is 0. The Bertz CT molecular complexity index is 732. The lowest BCUT2D eigenvalue weighted by Gasteiger charge is -2.09. The zero-order chi connectivity index (χ0) is 14.6. The van der Waals surface area contributed by atoms with Crippen LogP contribution in [0.3, 0.4) is 0 Å². The molecular weight excluding hydrogens is 268 g/mol. The third-order valence-corrected chi connectivity index (χ3v) is 4.41. The number of carbonyl (C=O) groups excluding carboxylic acids is 1. The van der Waals surface area contributed by atoms with Crippen LogP contribution in [0.2, 0.25) is 0 Å². The maximum absolute atomic E-state index is 11.4. The van der Waals surface area contributed by atoms with Crippen molar-refractivity contribution >= 4 is 11.6 Å². The van der Waals surface area contributed by atoms with Crippen molar-refractivity contribution in [3.63, 3.8) is 0 Å². The average molecular weight is 284 g/mol. The van der Waals surface area contributed by atoms with Crippen LogP contribution in [0.4, 0.5) is 5.69 Å². The number of anilines is 1. The maximum atomic E-state index is 11.4. The lowest BCUT2D eigenvalue weighted by molar-refractivity contribution is -0.115. The highest BCUT2D eigenvalue weighted by Gasteiger charge is 2.26. The van der Waals surface area contributed by atoms with Gasteiger partial charge < -0.3 is 15.5 Å². The van der Waals surface area contributed by atoms with E-state index in [4.69, 9.17) is 0 Å². The first kappa shape index (κ1) is 12.3. The Morgan fingerprint density at radius 2 is 1.71 bits per heavy atom. The Hall–Kier alpha value is -2.43. The number of fused-ring (bicyclic) bond motifs is 2. The Labute approximate surface area is 121 Å². The largest absolute Gasteiger partial charge is 0.494 e. The molecule has 2 heterocycles. The Balaban J connectivity index is 1.86. The zero-order valence-electron chi connectivity index (χ0n) is 11.5. The molecule has 0 bridgehead atoms. The molecule has 3 N–H and O–H groups in total. The summed E-state index contributed by atoms with van der Waals surface area (Å²) in [6, 6.07) is 5.48. The summed E-state index contributed by atoms with van der Waals surface area (Å²) in [5, 5.41) is 23.6. The first-order valence-corrected chi connectivity index (χ1v) is 7.22. The Morgan fingerprint density at radius 3 is 2.38 bits per heavy atom. The standard InChI is InChI=1S/C16H16N2O3/c19-14-7-9-5-6-10(8-13(9)17-14)18-15(20)11-3-1-2-4-12(11)16(18)21/h5-6,8,20-21H,1-4,7H2,(H,17,19). The van der Waals surface area contributed by atoms with Gasteiger partial charge in [0.2, 0.25) is 17.7 Å². The van der Waals surface area contributed by atoms with Crippen molar-refractivity contribution < 1.29 is 15.0 Å². The molecule has 21 heavy (non-hydrogen) atoms. The fourth-order valence-electron chi connectivity index (χ4n) is 3.36. The normalized spacial score (nSPS) is 16.5. The number of rotatable bonds is 1. The van der Waals surface area contributed by atoms with E-state index in [1.165, 1.54) is 4.57 Å². The van der Waals surface area contributed by atoms with Crippen molar-refractivity contribution in [1.29, 1.82) is 0 Å². The highest BCUT2D eigenvalue weighted by atomic mass is 16.3. The van der Waals surface area contributed by atoms with Gasteiger partial charge in [-0.05, 0) is 43.4 Å². The van der Waals surface area contributed by atoms with Gasteiger partial charge in [-0.25, -0.2) is 0 Å². The molecule has 1 aliphatic heterocycles. The lowest BCUT2D eigenvalue weighted by Crippen LogP contribution is -2.03. The number of amides is 1. The number of benzene rings is 1. The molecule has 2 aliphatic rings. The van der Waals surface area contributed by atoms with Gasteiger partial charge >= 0.3 is 0 Å². The molecule has 108 valence electrons. The van der Waals surface area contributed by atoms with Crippen LogP contribution >= 0.6 is 0 Å². The molecule has 0 unspecified atom stereocenters. The monoisotopic (exact) mass is 284 g/mol. The predicted octanol–water partition coefficient (Wildman–Crippen LogP) is 2.26. The van der Waals surface area contributed by atoms with E-state index in [1.54, 1.807) is 6.07 Å². The van der Waals surface area contributed by atoms with Gasteiger partial charge in [-0.2, -0.15) is 0 Å². The Kier molecular flexibility index (Phi) is 2.51. The minimum atomic E-state index is -0.0256. The van der Waals surface area contributed by atoms with Crippen LogP contribution in [0.1, 0.15) is 29.5 Å². The highest BCUT2D eigenvalue weighted by molar-refractivity contribution is 5.99. The van der Waals surface area contributed by atoms with Gasteiger partial charge in [0.25, 0.3) is 0 Å². The SMILES string of the molecule is O=C1Cc2ccc(-n3c(O)c4c(c3O)CCCC4)cc2N1. The van der Waals surface area contributed by atoms with Crippen molar-refractivity contribution in [3.8, 4) is 17.4 Å². The second kappa shape index (κ2) is 4.28. The summed E-state index contributed by atoms with van der Waals surface area (Å²) in [7, 11) is 0. The van der Waals surface area contributed by atoms with E-state index in [1.807, 2.05) is 12.1 Å². The fourth-order valence-corrected chi connectivity index (χ4v) is 3.36. The van der Waals surface area contributed by atoms with Crippen molar-refractivity contribution in [2.24, 2.45) is 0 Å². The van der Waals surface area contributed by atoms with E-state index in [2.05, 4.69) is 5.32 Å². The van der Waals surface area contributed by atoms with Crippen LogP contribution in [0, 0.1) is 0 Å². The number of aromatic nitrogens is 1. The smallest absolute Gasteiger partial charge is 0.228 e. The zero-order valence-corrected chi connectivity index (χ0v) is 11.5. The topological polar surface area (TPSA) is 74.5 Å². The van der Waals surface area contributed by atoms with Gasteiger partial charge in [-0.1, -0.05) is 6.07 Å². The summed E-state index contributed by atoms with van der Waals surface area (Å²) < 4.78 is 1.47. The van der Waals surface area contributed by atoms with Gasteiger partial charge in [0, 0.05) is 16.8 Å². The molecule has 5 heteroatoms. The quantitative estimate of drug-likeness (QED) is 0.752. The molecule has 1 aliphatic carbocycles. The van der Waals surface area contributed by atoms with E-state index >= 15 is 0 Å². The van der Waals surface area contributed by atoms with Gasteiger partial charge in [0.1, 0.15) is 0 Å². The molecule has 0 fully saturated rings. The maximum Gasteiger partial charge on any atom is 0.228 e. The number of nitrogens with zero attached hydrogens (tertiary/aromatic N) is 1. The van der Waals surface area contributed by atoms with Gasteiger partial charge in [-0.3, -0.25) is 9.36 Å². The Morgan fingerprint density at radius 1 is 1.05 bits per heavy atom. The third kappa shape index (κ3) is 1.73. The predicted molar refractivity (Wildman–Crippen MR) is 78.1 cm³/mol. The minimum Gasteiger partial charge on any atom is -0.494 e. The molecule has 0 atom stereocenters. The van der Waals surface area contributed by atoms with Crippen LogP contribution in [0.25, 0.3) is 5.69 Å². The minimum absolute atomic E-state index is 0.0256. The van der Waals surface area contributed by atoms with Crippen LogP contribution in [-0.2, 0) is 24.1 Å². The molecule has 4 rings (SSSR count). The summed E-state index contributed by atoms with van der Waals surface area (Å²) in [5.41, 5.74) is 4.06. The van der Waals surface area contributed by atoms with Crippen molar-refractivity contribution in [3.05, 3.63) is 34.9 Å². The molecule has 0 saturated heterocycles. The van der Waals surface area contributed by atoms with Crippen LogP contribution in [0.5, 0.6) is 11.8 Å². The van der Waals surface area contributed by atoms with Gasteiger partial charge in [0.05, 0.1) is 12.1 Å². The van der Waals surface area contributed by atoms with E-state index in [0.717, 1.165) is 48.1 Å². The molecular formula is C16H16N2O3. The number of hydrogen-bond donors (Lipinski definition) is 3. The number of aromatic hydroxyl groups is 2. The molecule has 1 aromatic heterocycles. The number of carbonyl (C=O) groups is 1. The van der Waals surface area contributed by atoms with Gasteiger partial charge in [0.15, 0.2) is 0 Å². The van der Waals surface area contributed by atoms with Crippen molar-refractivity contribution in [2.75, 3.05) is 5.32 Å². The van der Waals surface area contributed by atoms with E-state index in [-0.39, 0.29) is 17.7 Å². The first-order chi connectivity index (χ1) is 10.1. The second-order valence-electron chi connectivity index (χ2n) is 5.71. The molecule has 1 amide bonds. The molecule has 0 saturated carbocycles.